The van der Waals surface area contributed by atoms with Crippen LogP contribution in [0.15, 0.2) is 78.3 Å². The van der Waals surface area contributed by atoms with Crippen molar-refractivity contribution in [3.63, 3.8) is 0 Å². The highest BCUT2D eigenvalue weighted by Gasteiger charge is 2.48. The van der Waals surface area contributed by atoms with Crippen molar-refractivity contribution in [1.29, 1.82) is 0 Å². The van der Waals surface area contributed by atoms with Gasteiger partial charge in [0, 0.05) is 35.5 Å². The molecule has 0 radical (unpaired) electrons. The number of rotatable bonds is 4. The summed E-state index contributed by atoms with van der Waals surface area (Å²) in [4.78, 5) is 30.1. The molecule has 1 aromatic carbocycles. The van der Waals surface area contributed by atoms with Gasteiger partial charge in [-0.2, -0.15) is 0 Å². The molecule has 164 valence electrons. The minimum atomic E-state index is -0.634. The molecule has 0 bridgehead atoms. The van der Waals surface area contributed by atoms with Crippen molar-refractivity contribution in [3.05, 3.63) is 89.5 Å². The maximum Gasteiger partial charge on any atom is 0.316 e. The van der Waals surface area contributed by atoms with E-state index in [4.69, 9.17) is 4.74 Å². The van der Waals surface area contributed by atoms with Gasteiger partial charge in [-0.3, -0.25) is 9.59 Å². The van der Waals surface area contributed by atoms with Crippen LogP contribution in [0.2, 0.25) is 0 Å². The second-order valence-corrected chi connectivity index (χ2v) is 9.10. The van der Waals surface area contributed by atoms with Gasteiger partial charge in [-0.1, -0.05) is 43.0 Å². The van der Waals surface area contributed by atoms with Crippen LogP contribution < -0.4 is 10.3 Å². The lowest BCUT2D eigenvalue weighted by atomic mass is 9.70. The van der Waals surface area contributed by atoms with Gasteiger partial charge >= 0.3 is 5.97 Å². The SMILES string of the molecule is C=C1NC2=C(C(=O)CC(c3ccccc3)C2)C(c2cccc[nH+]2)C1C(=O)OC1CCCC1. The summed E-state index contributed by atoms with van der Waals surface area (Å²) in [6, 6.07) is 15.9. The van der Waals surface area contributed by atoms with E-state index in [-0.39, 0.29) is 23.8 Å². The zero-order valence-corrected chi connectivity index (χ0v) is 18.2. The second-order valence-electron chi connectivity index (χ2n) is 9.10. The summed E-state index contributed by atoms with van der Waals surface area (Å²) in [5.74, 6) is -1.14. The van der Waals surface area contributed by atoms with Gasteiger partial charge in [-0.05, 0) is 43.6 Å². The summed E-state index contributed by atoms with van der Waals surface area (Å²) in [5.41, 5.74) is 4.18. The number of Topliss-reactive ketones (excluding diaryl/α,β-unsaturated/α-hetero) is 1. The van der Waals surface area contributed by atoms with Gasteiger partial charge in [0.2, 0.25) is 0 Å². The molecule has 32 heavy (non-hydrogen) atoms. The summed E-state index contributed by atoms with van der Waals surface area (Å²) in [7, 11) is 0. The Morgan fingerprint density at radius 1 is 1.03 bits per heavy atom. The molecule has 1 aromatic heterocycles. The molecule has 5 nitrogen and oxygen atoms in total. The first-order chi connectivity index (χ1) is 15.6. The molecule has 0 spiro atoms. The molecule has 0 saturated heterocycles. The van der Waals surface area contributed by atoms with Crippen LogP contribution in [-0.4, -0.2) is 17.9 Å². The predicted molar refractivity (Wildman–Crippen MR) is 120 cm³/mol. The number of pyridine rings is 1. The Bertz CT molecular complexity index is 1050. The number of esters is 1. The smallest absolute Gasteiger partial charge is 0.316 e. The highest BCUT2D eigenvalue weighted by Crippen LogP contribution is 2.46. The molecule has 3 aliphatic rings. The normalized spacial score (nSPS) is 25.9. The number of carbonyl (C=O) groups is 2. The summed E-state index contributed by atoms with van der Waals surface area (Å²) in [6.45, 7) is 4.21. The topological polar surface area (TPSA) is 69.5 Å². The fourth-order valence-corrected chi connectivity index (χ4v) is 5.47. The molecular weight excluding hydrogens is 400 g/mol. The van der Waals surface area contributed by atoms with Crippen LogP contribution in [0.5, 0.6) is 0 Å². The lowest BCUT2D eigenvalue weighted by Gasteiger charge is -2.38. The molecule has 1 saturated carbocycles. The van der Waals surface area contributed by atoms with Crippen molar-refractivity contribution in [1.82, 2.24) is 5.32 Å². The summed E-state index contributed by atoms with van der Waals surface area (Å²) in [5, 5.41) is 3.35. The van der Waals surface area contributed by atoms with Crippen molar-refractivity contribution in [2.75, 3.05) is 0 Å². The average molecular weight is 430 g/mol. The van der Waals surface area contributed by atoms with E-state index in [0.717, 1.165) is 49.1 Å². The van der Waals surface area contributed by atoms with E-state index < -0.39 is 11.8 Å². The molecule has 3 unspecified atom stereocenters. The molecule has 3 atom stereocenters. The van der Waals surface area contributed by atoms with E-state index in [1.807, 2.05) is 42.6 Å². The monoisotopic (exact) mass is 429 g/mol. The van der Waals surface area contributed by atoms with Gasteiger partial charge in [0.15, 0.2) is 17.7 Å². The van der Waals surface area contributed by atoms with E-state index >= 15 is 0 Å². The second kappa shape index (κ2) is 8.73. The van der Waals surface area contributed by atoms with E-state index in [0.29, 0.717) is 17.7 Å². The third-order valence-electron chi connectivity index (χ3n) is 7.02. The van der Waals surface area contributed by atoms with Crippen LogP contribution in [0.4, 0.5) is 0 Å². The quantitative estimate of drug-likeness (QED) is 0.740. The van der Waals surface area contributed by atoms with Crippen molar-refractivity contribution in [2.45, 2.75) is 56.5 Å². The molecular formula is C27H29N2O3+. The molecule has 2 N–H and O–H groups in total. The number of ketones is 1. The van der Waals surface area contributed by atoms with Crippen LogP contribution >= 0.6 is 0 Å². The van der Waals surface area contributed by atoms with E-state index in [1.54, 1.807) is 0 Å². The minimum Gasteiger partial charge on any atom is -0.462 e. The highest BCUT2D eigenvalue weighted by atomic mass is 16.5. The number of ether oxygens (including phenoxy) is 1. The van der Waals surface area contributed by atoms with Gasteiger partial charge in [0.05, 0.1) is 5.92 Å². The molecule has 1 fully saturated rings. The number of carbonyl (C=O) groups excluding carboxylic acids is 2. The number of hydrogen-bond donors (Lipinski definition) is 1. The Hall–Kier alpha value is -3.21. The van der Waals surface area contributed by atoms with Gasteiger partial charge in [-0.25, -0.2) is 4.98 Å². The van der Waals surface area contributed by atoms with Gasteiger partial charge in [-0.15, -0.1) is 0 Å². The van der Waals surface area contributed by atoms with E-state index in [9.17, 15) is 9.59 Å². The number of benzene rings is 1. The summed E-state index contributed by atoms with van der Waals surface area (Å²) < 4.78 is 5.89. The van der Waals surface area contributed by atoms with Gasteiger partial charge in [0.1, 0.15) is 12.0 Å². The Morgan fingerprint density at radius 3 is 2.50 bits per heavy atom. The predicted octanol–water partition coefficient (Wildman–Crippen LogP) is 4.20. The van der Waals surface area contributed by atoms with Crippen molar-refractivity contribution in [2.24, 2.45) is 5.92 Å². The molecule has 2 aromatic rings. The number of H-pyrrole nitrogens is 1. The number of allylic oxidation sites excluding steroid dienone is 2. The first-order valence-electron chi connectivity index (χ1n) is 11.6. The number of aromatic amines is 1. The van der Waals surface area contributed by atoms with Crippen LogP contribution in [-0.2, 0) is 14.3 Å². The maximum absolute atomic E-state index is 13.5. The standard InChI is InChI=1S/C27H28N2O3/c1-17-24(27(31)32-20-11-5-6-12-20)26(21-13-7-8-14-28-21)25-22(29-17)15-19(16-23(25)30)18-9-3-2-4-10-18/h2-4,7-10,13-14,19-20,24,26,29H,1,5-6,11-12,15-16H2/p+1. The lowest BCUT2D eigenvalue weighted by molar-refractivity contribution is -0.392. The largest absolute Gasteiger partial charge is 0.462 e. The van der Waals surface area contributed by atoms with Crippen molar-refractivity contribution < 1.29 is 19.3 Å². The van der Waals surface area contributed by atoms with E-state index in [1.165, 1.54) is 0 Å². The Labute approximate surface area is 188 Å². The fourth-order valence-electron chi connectivity index (χ4n) is 5.47. The fraction of sp³-hybridized carbons (Fsp3) is 0.370. The molecule has 2 aliphatic carbocycles. The number of nitrogens with one attached hydrogen (secondary N) is 2. The summed E-state index contributed by atoms with van der Waals surface area (Å²) in [6.07, 6.45) is 6.95. The summed E-state index contributed by atoms with van der Waals surface area (Å²) >= 11 is 0. The van der Waals surface area contributed by atoms with Gasteiger partial charge in [0.25, 0.3) is 0 Å². The van der Waals surface area contributed by atoms with Crippen molar-refractivity contribution >= 4 is 11.8 Å². The zero-order chi connectivity index (χ0) is 22.1. The third kappa shape index (κ3) is 3.88. The average Bonchev–Trinajstić information content (AvgIpc) is 3.32. The molecule has 5 heteroatoms. The number of aromatic nitrogens is 1. The molecule has 5 rings (SSSR count). The molecule has 0 amide bonds. The van der Waals surface area contributed by atoms with Crippen molar-refractivity contribution in [3.8, 4) is 0 Å². The van der Waals surface area contributed by atoms with Crippen LogP contribution in [0, 0.1) is 5.92 Å². The highest BCUT2D eigenvalue weighted by molar-refractivity contribution is 6.00. The first-order valence-corrected chi connectivity index (χ1v) is 11.6. The van der Waals surface area contributed by atoms with Crippen LogP contribution in [0.3, 0.4) is 0 Å². The Kier molecular flexibility index (Phi) is 5.64. The molecule has 2 heterocycles. The third-order valence-corrected chi connectivity index (χ3v) is 7.02. The lowest BCUT2D eigenvalue weighted by Crippen LogP contribution is -2.44. The van der Waals surface area contributed by atoms with Crippen LogP contribution in [0.1, 0.15) is 61.6 Å². The molecule has 1 aliphatic heterocycles. The Morgan fingerprint density at radius 2 is 1.78 bits per heavy atom. The maximum atomic E-state index is 13.5. The number of hydrogen-bond acceptors (Lipinski definition) is 4. The Balaban J connectivity index is 1.52. The van der Waals surface area contributed by atoms with Gasteiger partial charge < -0.3 is 10.1 Å². The van der Waals surface area contributed by atoms with E-state index in [2.05, 4.69) is 29.0 Å². The first kappa shape index (κ1) is 20.7. The zero-order valence-electron chi connectivity index (χ0n) is 18.2. The van der Waals surface area contributed by atoms with Crippen LogP contribution in [0.25, 0.3) is 0 Å². The minimum absolute atomic E-state index is 0.0319.